The van der Waals surface area contributed by atoms with Gasteiger partial charge < -0.3 is 15.1 Å². The molecule has 1 saturated heterocycles. The molecule has 1 aliphatic rings. The summed E-state index contributed by atoms with van der Waals surface area (Å²) in [6, 6.07) is 4.94. The van der Waals surface area contributed by atoms with E-state index in [-0.39, 0.29) is 11.7 Å². The first-order chi connectivity index (χ1) is 7.95. The van der Waals surface area contributed by atoms with Crippen molar-refractivity contribution < 1.29 is 15.0 Å². The Balaban J connectivity index is 2.14. The highest BCUT2D eigenvalue weighted by Crippen LogP contribution is 2.28. The number of likely N-dealkylation sites (tertiary alicyclic amines) is 1. The number of aromatic hydroxyl groups is 1. The monoisotopic (exact) mass is 235 g/mol. The standard InChI is InChI=1S/C13H17NO3/c1-3-13(17)7-14(8-13)12(16)10-6-9(2)4-5-11(10)15/h4-6,15,17H,3,7-8H2,1-2H3. The van der Waals surface area contributed by atoms with Crippen LogP contribution in [0.4, 0.5) is 0 Å². The van der Waals surface area contributed by atoms with Crippen molar-refractivity contribution in [1.82, 2.24) is 4.90 Å². The summed E-state index contributed by atoms with van der Waals surface area (Å²) in [6.07, 6.45) is 0.635. The molecule has 17 heavy (non-hydrogen) atoms. The highest BCUT2D eigenvalue weighted by molar-refractivity contribution is 5.97. The minimum atomic E-state index is -0.741. The Kier molecular flexibility index (Phi) is 2.83. The number of hydrogen-bond acceptors (Lipinski definition) is 3. The zero-order chi connectivity index (χ0) is 12.6. The van der Waals surface area contributed by atoms with Crippen LogP contribution in [0.15, 0.2) is 18.2 Å². The lowest BCUT2D eigenvalue weighted by Gasteiger charge is -2.46. The van der Waals surface area contributed by atoms with Gasteiger partial charge in [0.15, 0.2) is 0 Å². The first kappa shape index (κ1) is 11.9. The maximum atomic E-state index is 12.1. The number of carbonyl (C=O) groups excluding carboxylic acids is 1. The third kappa shape index (κ3) is 2.13. The van der Waals surface area contributed by atoms with Gasteiger partial charge in [0.1, 0.15) is 5.75 Å². The van der Waals surface area contributed by atoms with E-state index in [9.17, 15) is 15.0 Å². The van der Waals surface area contributed by atoms with Crippen molar-refractivity contribution >= 4 is 5.91 Å². The van der Waals surface area contributed by atoms with Gasteiger partial charge in [-0.1, -0.05) is 18.6 Å². The van der Waals surface area contributed by atoms with E-state index in [1.807, 2.05) is 13.8 Å². The van der Waals surface area contributed by atoms with Crippen LogP contribution in [0.25, 0.3) is 0 Å². The lowest BCUT2D eigenvalue weighted by atomic mass is 9.90. The Labute approximate surface area is 100 Å². The summed E-state index contributed by atoms with van der Waals surface area (Å²) >= 11 is 0. The zero-order valence-corrected chi connectivity index (χ0v) is 10.1. The number of β-amino-alcohol motifs (C(OH)–C–C–N with tert-alkyl or cyclic N) is 1. The van der Waals surface area contributed by atoms with Crippen molar-refractivity contribution in [3.63, 3.8) is 0 Å². The molecule has 1 aromatic rings. The molecule has 0 radical (unpaired) electrons. The molecule has 0 aliphatic carbocycles. The molecule has 1 aromatic carbocycles. The first-order valence-corrected chi connectivity index (χ1v) is 5.76. The van der Waals surface area contributed by atoms with Crippen molar-refractivity contribution in [1.29, 1.82) is 0 Å². The van der Waals surface area contributed by atoms with Gasteiger partial charge in [-0.05, 0) is 25.5 Å². The van der Waals surface area contributed by atoms with Crippen LogP contribution in [-0.4, -0.2) is 39.7 Å². The highest BCUT2D eigenvalue weighted by Gasteiger charge is 2.42. The SMILES string of the molecule is CCC1(O)CN(C(=O)c2cc(C)ccc2O)C1. The number of rotatable bonds is 2. The summed E-state index contributed by atoms with van der Waals surface area (Å²) in [6.45, 7) is 4.45. The molecule has 92 valence electrons. The van der Waals surface area contributed by atoms with Gasteiger partial charge in [0, 0.05) is 0 Å². The number of carbonyl (C=O) groups is 1. The second-order valence-corrected chi connectivity index (χ2v) is 4.76. The molecule has 2 rings (SSSR count). The van der Waals surface area contributed by atoms with Crippen LogP contribution in [0, 0.1) is 6.92 Å². The molecular formula is C13H17NO3. The summed E-state index contributed by atoms with van der Waals surface area (Å²) in [5, 5.41) is 19.5. The van der Waals surface area contributed by atoms with Crippen LogP contribution < -0.4 is 0 Å². The second-order valence-electron chi connectivity index (χ2n) is 4.76. The molecule has 0 unspecified atom stereocenters. The van der Waals surface area contributed by atoms with Crippen molar-refractivity contribution in [2.75, 3.05) is 13.1 Å². The number of aliphatic hydroxyl groups is 1. The summed E-state index contributed by atoms with van der Waals surface area (Å²) in [5.74, 6) is -0.225. The molecule has 4 nitrogen and oxygen atoms in total. The van der Waals surface area contributed by atoms with Gasteiger partial charge in [-0.15, -0.1) is 0 Å². The van der Waals surface area contributed by atoms with Crippen molar-refractivity contribution in [2.24, 2.45) is 0 Å². The topological polar surface area (TPSA) is 60.8 Å². The maximum Gasteiger partial charge on any atom is 0.257 e. The van der Waals surface area contributed by atoms with Crippen LogP contribution in [0.5, 0.6) is 5.75 Å². The Morgan fingerprint density at radius 2 is 2.12 bits per heavy atom. The van der Waals surface area contributed by atoms with Gasteiger partial charge in [-0.2, -0.15) is 0 Å². The summed E-state index contributed by atoms with van der Waals surface area (Å²) in [7, 11) is 0. The van der Waals surface area contributed by atoms with Crippen LogP contribution in [-0.2, 0) is 0 Å². The van der Waals surface area contributed by atoms with Gasteiger partial charge in [-0.25, -0.2) is 0 Å². The fourth-order valence-corrected chi connectivity index (χ4v) is 2.02. The molecular weight excluding hydrogens is 218 g/mol. The lowest BCUT2D eigenvalue weighted by Crippen LogP contribution is -2.63. The predicted octanol–water partition coefficient (Wildman–Crippen LogP) is 1.30. The van der Waals surface area contributed by atoms with E-state index in [0.29, 0.717) is 25.1 Å². The largest absolute Gasteiger partial charge is 0.507 e. The van der Waals surface area contributed by atoms with Crippen LogP contribution in [0.3, 0.4) is 0 Å². The van der Waals surface area contributed by atoms with Gasteiger partial charge >= 0.3 is 0 Å². The van der Waals surface area contributed by atoms with Crippen molar-refractivity contribution in [2.45, 2.75) is 25.9 Å². The first-order valence-electron chi connectivity index (χ1n) is 5.76. The molecule has 1 amide bonds. The van der Waals surface area contributed by atoms with E-state index < -0.39 is 5.60 Å². The molecule has 1 aliphatic heterocycles. The average Bonchev–Trinajstić information content (AvgIpc) is 2.27. The number of benzene rings is 1. The third-order valence-corrected chi connectivity index (χ3v) is 3.30. The molecule has 4 heteroatoms. The van der Waals surface area contributed by atoms with Crippen LogP contribution in [0.1, 0.15) is 29.3 Å². The van der Waals surface area contributed by atoms with Gasteiger partial charge in [0.25, 0.3) is 5.91 Å². The molecule has 0 spiro atoms. The number of phenolic OH excluding ortho intramolecular Hbond substituents is 1. The lowest BCUT2D eigenvalue weighted by molar-refractivity contribution is -0.0827. The molecule has 2 N–H and O–H groups in total. The molecule has 0 bridgehead atoms. The smallest absolute Gasteiger partial charge is 0.257 e. The fraction of sp³-hybridized carbons (Fsp3) is 0.462. The number of hydrogen-bond donors (Lipinski definition) is 2. The van der Waals surface area contributed by atoms with Gasteiger partial charge in [-0.3, -0.25) is 4.79 Å². The quantitative estimate of drug-likeness (QED) is 0.812. The van der Waals surface area contributed by atoms with Crippen LogP contribution >= 0.6 is 0 Å². The van der Waals surface area contributed by atoms with E-state index in [4.69, 9.17) is 0 Å². The van der Waals surface area contributed by atoms with E-state index in [0.717, 1.165) is 5.56 Å². The molecule has 0 aromatic heterocycles. The molecule has 0 saturated carbocycles. The average molecular weight is 235 g/mol. The third-order valence-electron chi connectivity index (χ3n) is 3.30. The zero-order valence-electron chi connectivity index (χ0n) is 10.1. The van der Waals surface area contributed by atoms with Gasteiger partial charge in [0.05, 0.1) is 24.3 Å². The Morgan fingerprint density at radius 3 is 2.71 bits per heavy atom. The van der Waals surface area contributed by atoms with E-state index in [1.54, 1.807) is 17.0 Å². The van der Waals surface area contributed by atoms with E-state index >= 15 is 0 Å². The number of aryl methyl sites for hydroxylation is 1. The van der Waals surface area contributed by atoms with Gasteiger partial charge in [0.2, 0.25) is 0 Å². The van der Waals surface area contributed by atoms with Crippen molar-refractivity contribution in [3.05, 3.63) is 29.3 Å². The summed E-state index contributed by atoms with van der Waals surface area (Å²) < 4.78 is 0. The highest BCUT2D eigenvalue weighted by atomic mass is 16.3. The predicted molar refractivity (Wildman–Crippen MR) is 64.0 cm³/mol. The van der Waals surface area contributed by atoms with Crippen molar-refractivity contribution in [3.8, 4) is 5.75 Å². The van der Waals surface area contributed by atoms with E-state index in [1.165, 1.54) is 6.07 Å². The summed E-state index contributed by atoms with van der Waals surface area (Å²) in [5.41, 5.74) is 0.496. The fourth-order valence-electron chi connectivity index (χ4n) is 2.02. The number of nitrogens with zero attached hydrogens (tertiary/aromatic N) is 1. The summed E-state index contributed by atoms with van der Waals surface area (Å²) in [4.78, 5) is 13.6. The molecule has 1 heterocycles. The normalized spacial score (nSPS) is 17.7. The Morgan fingerprint density at radius 1 is 1.47 bits per heavy atom. The minimum Gasteiger partial charge on any atom is -0.507 e. The maximum absolute atomic E-state index is 12.1. The molecule has 1 fully saturated rings. The number of amides is 1. The molecule has 0 atom stereocenters. The Hall–Kier alpha value is -1.55. The Bertz CT molecular complexity index is 450. The number of phenols is 1. The van der Waals surface area contributed by atoms with E-state index in [2.05, 4.69) is 0 Å². The second kappa shape index (κ2) is 4.04. The van der Waals surface area contributed by atoms with Crippen LogP contribution in [0.2, 0.25) is 0 Å². The minimum absolute atomic E-state index is 0.00691.